The van der Waals surface area contributed by atoms with Gasteiger partial charge < -0.3 is 5.11 Å². The van der Waals surface area contributed by atoms with Crippen LogP contribution in [0.2, 0.25) is 0 Å². The molecule has 0 heterocycles. The van der Waals surface area contributed by atoms with E-state index in [1.807, 2.05) is 6.07 Å². The summed E-state index contributed by atoms with van der Waals surface area (Å²) in [5, 5.41) is 10.6. The summed E-state index contributed by atoms with van der Waals surface area (Å²) in [5.74, 6) is 1.72. The third-order valence-corrected chi connectivity index (χ3v) is 4.89. The Balaban J connectivity index is 2.31. The van der Waals surface area contributed by atoms with Gasteiger partial charge in [-0.05, 0) is 36.3 Å². The summed E-state index contributed by atoms with van der Waals surface area (Å²) in [6.45, 7) is 6.45. The lowest BCUT2D eigenvalue weighted by Gasteiger charge is -2.17. The summed E-state index contributed by atoms with van der Waals surface area (Å²) < 4.78 is 0. The van der Waals surface area contributed by atoms with Gasteiger partial charge in [0.05, 0.1) is 0 Å². The first-order valence-corrected chi connectivity index (χ1v) is 8.63. The average Bonchev–Trinajstić information content (AvgIpc) is 2.50. The van der Waals surface area contributed by atoms with Gasteiger partial charge in [-0.3, -0.25) is 0 Å². The van der Waals surface area contributed by atoms with E-state index in [1.165, 1.54) is 24.0 Å². The van der Waals surface area contributed by atoms with Crippen LogP contribution in [-0.2, 0) is 0 Å². The molecule has 2 rings (SSSR count). The molecule has 1 unspecified atom stereocenters. The molecule has 0 amide bonds. The van der Waals surface area contributed by atoms with Gasteiger partial charge in [0.1, 0.15) is 5.75 Å². The zero-order valence-electron chi connectivity index (χ0n) is 13.1. The van der Waals surface area contributed by atoms with Crippen molar-refractivity contribution in [2.24, 2.45) is 0 Å². The number of aryl methyl sites for hydroxylation is 1. The van der Waals surface area contributed by atoms with Crippen molar-refractivity contribution < 1.29 is 5.11 Å². The number of thioether (sulfide) groups is 1. The number of aromatic hydroxyl groups is 1. The van der Waals surface area contributed by atoms with Crippen molar-refractivity contribution in [2.75, 3.05) is 5.75 Å². The Hall–Kier alpha value is -1.41. The third kappa shape index (κ3) is 4.04. The Bertz CT molecular complexity index is 578. The number of hydrogen-bond donors (Lipinski definition) is 1. The topological polar surface area (TPSA) is 20.2 Å². The fraction of sp³-hybridized carbons (Fsp3) is 0.368. The van der Waals surface area contributed by atoms with Crippen molar-refractivity contribution in [3.05, 3.63) is 59.2 Å². The van der Waals surface area contributed by atoms with Gasteiger partial charge in [0.2, 0.25) is 0 Å². The number of unbranched alkanes of at least 4 members (excludes halogenated alkanes) is 1. The van der Waals surface area contributed by atoms with E-state index in [9.17, 15) is 5.11 Å². The molecule has 0 bridgehead atoms. The second kappa shape index (κ2) is 7.56. The molecular weight excluding hydrogens is 276 g/mol. The van der Waals surface area contributed by atoms with Crippen LogP contribution in [0.25, 0.3) is 0 Å². The second-order valence-electron chi connectivity index (χ2n) is 5.54. The molecule has 0 saturated heterocycles. The minimum atomic E-state index is 0.205. The monoisotopic (exact) mass is 300 g/mol. The van der Waals surface area contributed by atoms with Crippen molar-refractivity contribution in [3.8, 4) is 5.75 Å². The molecule has 2 aromatic carbocycles. The first kappa shape index (κ1) is 16.0. The molecule has 21 heavy (non-hydrogen) atoms. The Morgan fingerprint density at radius 3 is 2.52 bits per heavy atom. The SMILES string of the molecule is CCCCSc1cc(C)cc(C(C)c2ccccc2)c1O. The van der Waals surface area contributed by atoms with Crippen LogP contribution in [0.4, 0.5) is 0 Å². The van der Waals surface area contributed by atoms with Crippen LogP contribution in [0.3, 0.4) is 0 Å². The largest absolute Gasteiger partial charge is 0.506 e. The minimum Gasteiger partial charge on any atom is -0.506 e. The lowest BCUT2D eigenvalue weighted by atomic mass is 9.91. The first-order valence-electron chi connectivity index (χ1n) is 7.64. The van der Waals surface area contributed by atoms with Crippen LogP contribution in [0.15, 0.2) is 47.4 Å². The van der Waals surface area contributed by atoms with E-state index >= 15 is 0 Å². The minimum absolute atomic E-state index is 0.205. The summed E-state index contributed by atoms with van der Waals surface area (Å²) in [5.41, 5.74) is 3.48. The molecule has 1 nitrogen and oxygen atoms in total. The van der Waals surface area contributed by atoms with Crippen LogP contribution in [-0.4, -0.2) is 10.9 Å². The van der Waals surface area contributed by atoms with Gasteiger partial charge in [0, 0.05) is 16.4 Å². The number of rotatable bonds is 6. The quantitative estimate of drug-likeness (QED) is 0.542. The molecule has 0 aliphatic heterocycles. The summed E-state index contributed by atoms with van der Waals surface area (Å²) in [6.07, 6.45) is 2.37. The molecule has 0 radical (unpaired) electrons. The van der Waals surface area contributed by atoms with Gasteiger partial charge >= 0.3 is 0 Å². The maximum Gasteiger partial charge on any atom is 0.132 e. The van der Waals surface area contributed by atoms with Crippen LogP contribution in [0, 0.1) is 6.92 Å². The molecule has 0 aliphatic rings. The molecule has 0 saturated carbocycles. The highest BCUT2D eigenvalue weighted by Gasteiger charge is 2.16. The van der Waals surface area contributed by atoms with E-state index in [0.29, 0.717) is 5.75 Å². The Labute approximate surface area is 132 Å². The summed E-state index contributed by atoms with van der Waals surface area (Å²) in [4.78, 5) is 1.02. The molecule has 0 aliphatic carbocycles. The summed E-state index contributed by atoms with van der Waals surface area (Å²) in [6, 6.07) is 14.6. The van der Waals surface area contributed by atoms with Crippen LogP contribution in [0.5, 0.6) is 5.75 Å². The molecule has 1 N–H and O–H groups in total. The van der Waals surface area contributed by atoms with Gasteiger partial charge in [0.25, 0.3) is 0 Å². The van der Waals surface area contributed by atoms with Crippen molar-refractivity contribution in [3.63, 3.8) is 0 Å². The van der Waals surface area contributed by atoms with Crippen LogP contribution < -0.4 is 0 Å². The molecule has 0 spiro atoms. The van der Waals surface area contributed by atoms with Gasteiger partial charge in [-0.15, -0.1) is 11.8 Å². The second-order valence-corrected chi connectivity index (χ2v) is 6.67. The fourth-order valence-corrected chi connectivity index (χ4v) is 3.64. The zero-order valence-corrected chi connectivity index (χ0v) is 13.9. The van der Waals surface area contributed by atoms with Crippen molar-refractivity contribution in [2.45, 2.75) is 44.4 Å². The summed E-state index contributed by atoms with van der Waals surface area (Å²) in [7, 11) is 0. The highest BCUT2D eigenvalue weighted by molar-refractivity contribution is 7.99. The normalized spacial score (nSPS) is 12.3. The predicted molar refractivity (Wildman–Crippen MR) is 92.4 cm³/mol. The van der Waals surface area contributed by atoms with Gasteiger partial charge in [-0.2, -0.15) is 0 Å². The number of hydrogen-bond acceptors (Lipinski definition) is 2. The predicted octanol–water partition coefficient (Wildman–Crippen LogP) is 5.74. The Morgan fingerprint density at radius 1 is 1.14 bits per heavy atom. The standard InChI is InChI=1S/C19H24OS/c1-4-5-11-21-18-13-14(2)12-17(19(18)20)15(3)16-9-7-6-8-10-16/h6-10,12-13,15,20H,4-5,11H2,1-3H3. The number of phenolic OH excluding ortho intramolecular Hbond substituents is 1. The van der Waals surface area contributed by atoms with Crippen molar-refractivity contribution >= 4 is 11.8 Å². The summed E-state index contributed by atoms with van der Waals surface area (Å²) >= 11 is 1.76. The molecule has 0 aromatic heterocycles. The third-order valence-electron chi connectivity index (χ3n) is 3.77. The lowest BCUT2D eigenvalue weighted by molar-refractivity contribution is 0.453. The van der Waals surface area contributed by atoms with E-state index in [0.717, 1.165) is 16.2 Å². The Kier molecular flexibility index (Phi) is 5.75. The van der Waals surface area contributed by atoms with E-state index in [1.54, 1.807) is 11.8 Å². The highest BCUT2D eigenvalue weighted by atomic mass is 32.2. The van der Waals surface area contributed by atoms with Crippen molar-refractivity contribution in [1.82, 2.24) is 0 Å². The molecule has 2 aromatic rings. The maximum absolute atomic E-state index is 10.6. The van der Waals surface area contributed by atoms with E-state index in [4.69, 9.17) is 0 Å². The van der Waals surface area contributed by atoms with Gasteiger partial charge in [-0.25, -0.2) is 0 Å². The molecule has 1 atom stereocenters. The lowest BCUT2D eigenvalue weighted by Crippen LogP contribution is -1.98. The Morgan fingerprint density at radius 2 is 1.86 bits per heavy atom. The smallest absolute Gasteiger partial charge is 0.132 e. The molecule has 0 fully saturated rings. The molecular formula is C19H24OS. The maximum atomic E-state index is 10.6. The van der Waals surface area contributed by atoms with Gasteiger partial charge in [0.15, 0.2) is 0 Å². The van der Waals surface area contributed by atoms with Crippen LogP contribution >= 0.6 is 11.8 Å². The molecule has 2 heteroatoms. The fourth-order valence-electron chi connectivity index (χ4n) is 2.46. The number of benzene rings is 2. The van der Waals surface area contributed by atoms with Gasteiger partial charge in [-0.1, -0.05) is 56.7 Å². The van der Waals surface area contributed by atoms with E-state index in [-0.39, 0.29) is 5.92 Å². The van der Waals surface area contributed by atoms with E-state index < -0.39 is 0 Å². The first-order chi connectivity index (χ1) is 10.1. The van der Waals surface area contributed by atoms with E-state index in [2.05, 4.69) is 57.2 Å². The van der Waals surface area contributed by atoms with Crippen LogP contribution in [0.1, 0.15) is 49.3 Å². The highest BCUT2D eigenvalue weighted by Crippen LogP contribution is 2.39. The number of phenols is 1. The van der Waals surface area contributed by atoms with Crippen molar-refractivity contribution in [1.29, 1.82) is 0 Å². The molecule has 112 valence electrons. The zero-order chi connectivity index (χ0) is 15.2. The average molecular weight is 300 g/mol.